The zero-order valence-corrected chi connectivity index (χ0v) is 20.2. The minimum absolute atomic E-state index is 0.0485. The summed E-state index contributed by atoms with van der Waals surface area (Å²) in [7, 11) is 0. The van der Waals surface area contributed by atoms with Crippen LogP contribution in [0.4, 0.5) is 0 Å². The Balaban J connectivity index is 1.86. The summed E-state index contributed by atoms with van der Waals surface area (Å²) in [4.78, 5) is 14.1. The molecule has 5 rings (SSSR count). The Morgan fingerprint density at radius 2 is 0.688 bits per heavy atom. The molecule has 0 unspecified atom stereocenters. The third-order valence-electron chi connectivity index (χ3n) is 5.59. The number of carbonyl (C=O) groups excluding carboxylic acids is 1. The predicted molar refractivity (Wildman–Crippen MR) is 140 cm³/mol. The fourth-order valence-electron chi connectivity index (χ4n) is 4.17. The molecule has 1 aliphatic carbocycles. The van der Waals surface area contributed by atoms with Gasteiger partial charge >= 0.3 is 0 Å². The van der Waals surface area contributed by atoms with Gasteiger partial charge in [-0.3, -0.25) is 4.79 Å². The molecule has 4 aromatic rings. The van der Waals surface area contributed by atoms with Crippen molar-refractivity contribution in [3.05, 3.63) is 140 Å². The minimum Gasteiger partial charge on any atom is -0.289 e. The zero-order chi connectivity index (χ0) is 22.1. The van der Waals surface area contributed by atoms with Crippen LogP contribution in [0.5, 0.6) is 0 Å². The molecule has 0 radical (unpaired) electrons. The van der Waals surface area contributed by atoms with Crippen LogP contribution < -0.4 is 0 Å². The fraction of sp³-hybridized carbons (Fsp3) is 0. The number of halogens is 2. The van der Waals surface area contributed by atoms with E-state index < -0.39 is 0 Å². The number of Topliss-reactive ketones (excluding diaryl/α,β-unsaturated/α-hetero) is 1. The molecule has 0 fully saturated rings. The second-order valence-corrected chi connectivity index (χ2v) is 9.41. The molecule has 0 amide bonds. The van der Waals surface area contributed by atoms with Gasteiger partial charge in [0.25, 0.3) is 0 Å². The van der Waals surface area contributed by atoms with Crippen molar-refractivity contribution in [1.82, 2.24) is 0 Å². The maximum Gasteiger partial charge on any atom is 0.195 e. The van der Waals surface area contributed by atoms with Gasteiger partial charge in [0, 0.05) is 31.2 Å². The second kappa shape index (κ2) is 8.85. The van der Waals surface area contributed by atoms with Crippen LogP contribution in [-0.4, -0.2) is 5.78 Å². The third kappa shape index (κ3) is 3.83. The maximum atomic E-state index is 14.1. The van der Waals surface area contributed by atoms with Crippen LogP contribution in [0.15, 0.2) is 118 Å². The van der Waals surface area contributed by atoms with Gasteiger partial charge in [0.05, 0.1) is 0 Å². The monoisotopic (exact) mass is 540 g/mol. The molecule has 0 aliphatic heterocycles. The van der Waals surface area contributed by atoms with Gasteiger partial charge in [-0.15, -0.1) is 0 Å². The molecule has 0 bridgehead atoms. The molecule has 4 aromatic carbocycles. The first-order valence-corrected chi connectivity index (χ1v) is 11.9. The highest BCUT2D eigenvalue weighted by Crippen LogP contribution is 2.49. The smallest absolute Gasteiger partial charge is 0.195 e. The van der Waals surface area contributed by atoms with Crippen LogP contribution in [0.1, 0.15) is 22.3 Å². The predicted octanol–water partition coefficient (Wildman–Crippen LogP) is 8.32. The Labute approximate surface area is 204 Å². The van der Waals surface area contributed by atoms with Crippen molar-refractivity contribution in [2.45, 2.75) is 0 Å². The van der Waals surface area contributed by atoms with Gasteiger partial charge in [0.2, 0.25) is 0 Å². The Bertz CT molecular complexity index is 1240. The molecule has 0 saturated carbocycles. The van der Waals surface area contributed by atoms with Crippen LogP contribution in [0.2, 0.25) is 0 Å². The molecule has 3 heteroatoms. The van der Waals surface area contributed by atoms with Gasteiger partial charge in [-0.25, -0.2) is 0 Å². The van der Waals surface area contributed by atoms with Crippen molar-refractivity contribution in [2.24, 2.45) is 0 Å². The van der Waals surface area contributed by atoms with Gasteiger partial charge in [-0.2, -0.15) is 0 Å². The minimum atomic E-state index is 0.0485. The normalized spacial score (nSPS) is 13.8. The number of hydrogen-bond acceptors (Lipinski definition) is 1. The Morgan fingerprint density at radius 3 is 1.03 bits per heavy atom. The standard InChI is InChI=1S/C29H18Br2O/c30-23-15-11-21(12-16-23)27-25(19-7-3-1-4-8-19)26(20-9-5-2-6-10-20)28(29(27)32)22-13-17-24(31)18-14-22/h1-18H. The highest BCUT2D eigenvalue weighted by Gasteiger charge is 2.35. The second-order valence-electron chi connectivity index (χ2n) is 7.57. The fourth-order valence-corrected chi connectivity index (χ4v) is 4.70. The zero-order valence-electron chi connectivity index (χ0n) is 17.1. The van der Waals surface area contributed by atoms with Crippen LogP contribution in [-0.2, 0) is 4.79 Å². The van der Waals surface area contributed by atoms with E-state index in [1.807, 2.05) is 84.9 Å². The molecule has 0 spiro atoms. The van der Waals surface area contributed by atoms with E-state index in [0.29, 0.717) is 0 Å². The topological polar surface area (TPSA) is 17.1 Å². The summed E-state index contributed by atoms with van der Waals surface area (Å²) >= 11 is 7.03. The van der Waals surface area contributed by atoms with Gasteiger partial charge in [-0.1, -0.05) is 117 Å². The third-order valence-corrected chi connectivity index (χ3v) is 6.65. The van der Waals surface area contributed by atoms with Crippen molar-refractivity contribution >= 4 is 59.9 Å². The van der Waals surface area contributed by atoms with Crippen molar-refractivity contribution in [1.29, 1.82) is 0 Å². The van der Waals surface area contributed by atoms with Gasteiger partial charge < -0.3 is 0 Å². The first-order chi connectivity index (χ1) is 15.6. The molecule has 1 nitrogen and oxygen atoms in total. The number of ketones is 1. The van der Waals surface area contributed by atoms with E-state index in [0.717, 1.165) is 53.5 Å². The first kappa shape index (κ1) is 20.9. The SMILES string of the molecule is O=C1C(c2ccc(Br)cc2)=C(c2ccccc2)C(c2ccccc2)=C1c1ccc(Br)cc1. The molecule has 0 heterocycles. The van der Waals surface area contributed by atoms with Crippen LogP contribution in [0.25, 0.3) is 22.3 Å². The molecule has 0 N–H and O–H groups in total. The molecule has 1 aliphatic rings. The average Bonchev–Trinajstić information content (AvgIpc) is 3.14. The van der Waals surface area contributed by atoms with Crippen molar-refractivity contribution < 1.29 is 4.79 Å². The van der Waals surface area contributed by atoms with Gasteiger partial charge in [0.15, 0.2) is 5.78 Å². The van der Waals surface area contributed by atoms with Crippen LogP contribution >= 0.6 is 31.9 Å². The molecular weight excluding hydrogens is 524 g/mol. The quantitative estimate of drug-likeness (QED) is 0.254. The molecule has 154 valence electrons. The molecule has 0 atom stereocenters. The number of hydrogen-bond donors (Lipinski definition) is 0. The summed E-state index contributed by atoms with van der Waals surface area (Å²) in [5, 5.41) is 0. The lowest BCUT2D eigenvalue weighted by molar-refractivity contribution is -0.108. The van der Waals surface area contributed by atoms with E-state index in [2.05, 4.69) is 56.1 Å². The lowest BCUT2D eigenvalue weighted by Crippen LogP contribution is -2.02. The van der Waals surface area contributed by atoms with E-state index in [-0.39, 0.29) is 5.78 Å². The lowest BCUT2D eigenvalue weighted by Gasteiger charge is -2.13. The van der Waals surface area contributed by atoms with E-state index in [1.54, 1.807) is 0 Å². The highest BCUT2D eigenvalue weighted by molar-refractivity contribution is 9.10. The molecule has 0 aromatic heterocycles. The van der Waals surface area contributed by atoms with Crippen molar-refractivity contribution in [3.8, 4) is 0 Å². The largest absolute Gasteiger partial charge is 0.289 e. The van der Waals surface area contributed by atoms with E-state index in [4.69, 9.17) is 0 Å². The first-order valence-electron chi connectivity index (χ1n) is 10.3. The summed E-state index contributed by atoms with van der Waals surface area (Å²) in [5.74, 6) is 0.0485. The average molecular weight is 542 g/mol. The molecule has 32 heavy (non-hydrogen) atoms. The Kier molecular flexibility index (Phi) is 5.77. The Morgan fingerprint density at radius 1 is 0.375 bits per heavy atom. The summed E-state index contributed by atoms with van der Waals surface area (Å²) in [5.41, 5.74) is 7.31. The van der Waals surface area contributed by atoms with Crippen molar-refractivity contribution in [2.75, 3.05) is 0 Å². The summed E-state index contributed by atoms with van der Waals surface area (Å²) < 4.78 is 1.97. The van der Waals surface area contributed by atoms with Crippen molar-refractivity contribution in [3.63, 3.8) is 0 Å². The molecular formula is C29H18Br2O. The summed E-state index contributed by atoms with van der Waals surface area (Å²) in [6.07, 6.45) is 0. The maximum absolute atomic E-state index is 14.1. The summed E-state index contributed by atoms with van der Waals surface area (Å²) in [6, 6.07) is 36.4. The number of carbonyl (C=O) groups is 1. The van der Waals surface area contributed by atoms with E-state index in [1.165, 1.54) is 0 Å². The van der Waals surface area contributed by atoms with Gasteiger partial charge in [0.1, 0.15) is 0 Å². The van der Waals surface area contributed by atoms with Gasteiger partial charge in [-0.05, 0) is 46.5 Å². The van der Waals surface area contributed by atoms with Crippen LogP contribution in [0, 0.1) is 0 Å². The highest BCUT2D eigenvalue weighted by atomic mass is 79.9. The van der Waals surface area contributed by atoms with E-state index in [9.17, 15) is 4.79 Å². The lowest BCUT2D eigenvalue weighted by atomic mass is 9.89. The van der Waals surface area contributed by atoms with Crippen LogP contribution in [0.3, 0.4) is 0 Å². The Hall–Kier alpha value is -3.01. The van der Waals surface area contributed by atoms with E-state index >= 15 is 0 Å². The number of allylic oxidation sites excluding steroid dienone is 4. The molecule has 0 saturated heterocycles. The number of benzene rings is 4. The number of rotatable bonds is 4. The summed E-state index contributed by atoms with van der Waals surface area (Å²) in [6.45, 7) is 0.